The summed E-state index contributed by atoms with van der Waals surface area (Å²) in [7, 11) is 0. The summed E-state index contributed by atoms with van der Waals surface area (Å²) in [4.78, 5) is 0. The number of hydrogen-bond donors (Lipinski definition) is 2. The van der Waals surface area contributed by atoms with Crippen molar-refractivity contribution in [2.45, 2.75) is 12.5 Å². The Morgan fingerprint density at radius 3 is 2.35 bits per heavy atom. The fraction of sp³-hybridized carbons (Fsp3) is 0.400. The molecule has 2 N–H and O–H groups in total. The van der Waals surface area contributed by atoms with Crippen molar-refractivity contribution < 1.29 is 23.0 Å². The molecule has 0 aliphatic rings. The number of alkyl halides is 4. The van der Waals surface area contributed by atoms with Gasteiger partial charge in [-0.2, -0.15) is 0 Å². The van der Waals surface area contributed by atoms with Gasteiger partial charge in [-0.15, -0.1) is 24.8 Å². The molecule has 20 heavy (non-hydrogen) atoms. The highest BCUT2D eigenvalue weighted by atomic mass is 35.5. The van der Waals surface area contributed by atoms with Gasteiger partial charge in [0, 0.05) is 12.6 Å². The Hall–Kier alpha value is -0.270. The molecule has 0 spiro atoms. The lowest BCUT2D eigenvalue weighted by atomic mass is 10.2. The molecule has 1 unspecified atom stereocenters. The summed E-state index contributed by atoms with van der Waals surface area (Å²) in [5, 5.41) is 11.1. The average Bonchev–Trinajstić information content (AvgIpc) is 2.33. The fourth-order valence-corrected chi connectivity index (χ4v) is 2.08. The van der Waals surface area contributed by atoms with Crippen molar-refractivity contribution in [2.75, 3.05) is 17.7 Å². The van der Waals surface area contributed by atoms with Crippen LogP contribution in [0.1, 0.15) is 0 Å². The molecule has 0 aliphatic carbocycles. The Morgan fingerprint density at radius 2 is 1.85 bits per heavy atom. The molecule has 0 aromatic heterocycles. The van der Waals surface area contributed by atoms with Crippen LogP contribution < -0.4 is 10.1 Å². The second-order valence-electron chi connectivity index (χ2n) is 3.60. The van der Waals surface area contributed by atoms with E-state index in [0.29, 0.717) is 0 Å². The number of ether oxygens (including phenoxy) is 1. The molecule has 0 heterocycles. The molecule has 0 saturated heterocycles. The average molecular weight is 373 g/mol. The maximum absolute atomic E-state index is 12.2. The van der Waals surface area contributed by atoms with Crippen LogP contribution in [0.3, 0.4) is 0 Å². The highest BCUT2D eigenvalue weighted by Crippen LogP contribution is 2.44. The minimum absolute atomic E-state index is 0.00125. The zero-order valence-electron chi connectivity index (χ0n) is 9.57. The molecule has 0 radical (unpaired) electrons. The van der Waals surface area contributed by atoms with Crippen LogP contribution in [0, 0.1) is 0 Å². The van der Waals surface area contributed by atoms with E-state index in [2.05, 4.69) is 10.1 Å². The SMILES string of the molecule is OC(CCl)CNc1c(Cl)cc(OC(F)(F)F)c(Cl)c1Cl. The molecule has 3 nitrogen and oxygen atoms in total. The van der Waals surface area contributed by atoms with Gasteiger partial charge in [-0.25, -0.2) is 0 Å². The van der Waals surface area contributed by atoms with Gasteiger partial charge in [0.2, 0.25) is 0 Å². The van der Waals surface area contributed by atoms with Crippen LogP contribution in [0.4, 0.5) is 18.9 Å². The van der Waals surface area contributed by atoms with Crippen LogP contribution in [-0.2, 0) is 0 Å². The molecular formula is C10H8Cl4F3NO2. The van der Waals surface area contributed by atoms with E-state index in [-0.39, 0.29) is 28.2 Å². The quantitative estimate of drug-likeness (QED) is 0.588. The van der Waals surface area contributed by atoms with E-state index >= 15 is 0 Å². The summed E-state index contributed by atoms with van der Waals surface area (Å²) in [5.74, 6) is -0.747. The summed E-state index contributed by atoms with van der Waals surface area (Å²) in [5.41, 5.74) is 0.0806. The molecule has 1 rings (SSSR count). The normalized spacial score (nSPS) is 13.2. The van der Waals surface area contributed by atoms with Gasteiger partial charge in [0.15, 0.2) is 5.75 Å². The number of nitrogens with one attached hydrogen (secondary N) is 1. The summed E-state index contributed by atoms with van der Waals surface area (Å²) >= 11 is 22.7. The zero-order valence-corrected chi connectivity index (χ0v) is 12.6. The molecule has 0 bridgehead atoms. The highest BCUT2D eigenvalue weighted by molar-refractivity contribution is 6.47. The molecule has 0 fully saturated rings. The molecule has 0 aliphatic heterocycles. The second-order valence-corrected chi connectivity index (χ2v) is 5.07. The van der Waals surface area contributed by atoms with E-state index in [1.807, 2.05) is 0 Å². The Kier molecular flexibility index (Phi) is 6.34. The van der Waals surface area contributed by atoms with Crippen LogP contribution in [0.5, 0.6) is 5.75 Å². The van der Waals surface area contributed by atoms with Crippen molar-refractivity contribution in [3.05, 3.63) is 21.1 Å². The van der Waals surface area contributed by atoms with Crippen LogP contribution in [-0.4, -0.2) is 30.0 Å². The molecule has 1 aromatic carbocycles. The smallest absolute Gasteiger partial charge is 0.404 e. The molecule has 0 saturated carbocycles. The van der Waals surface area contributed by atoms with E-state index in [4.69, 9.17) is 46.4 Å². The molecular weight excluding hydrogens is 365 g/mol. The van der Waals surface area contributed by atoms with Crippen LogP contribution in [0.2, 0.25) is 15.1 Å². The topological polar surface area (TPSA) is 41.5 Å². The zero-order chi connectivity index (χ0) is 15.5. The van der Waals surface area contributed by atoms with Crippen molar-refractivity contribution in [3.63, 3.8) is 0 Å². The first-order valence-electron chi connectivity index (χ1n) is 5.07. The number of benzene rings is 1. The lowest BCUT2D eigenvalue weighted by Crippen LogP contribution is -2.21. The summed E-state index contributed by atoms with van der Waals surface area (Å²) in [6, 6.07) is 0.874. The molecule has 1 aromatic rings. The monoisotopic (exact) mass is 371 g/mol. The van der Waals surface area contributed by atoms with Gasteiger partial charge in [0.25, 0.3) is 0 Å². The number of rotatable bonds is 5. The first-order valence-corrected chi connectivity index (χ1v) is 6.73. The third kappa shape index (κ3) is 4.93. The predicted molar refractivity (Wildman–Crippen MR) is 73.4 cm³/mol. The summed E-state index contributed by atoms with van der Waals surface area (Å²) in [6.45, 7) is -0.00125. The standard InChI is InChI=1S/C10H8Cl4F3NO2/c11-2-4(19)3-18-9-5(12)1-6(7(13)8(9)14)20-10(15,16)17/h1,4,18-19H,2-3H2. The van der Waals surface area contributed by atoms with Gasteiger partial charge in [-0.3, -0.25) is 0 Å². The van der Waals surface area contributed by atoms with E-state index in [1.165, 1.54) is 0 Å². The highest BCUT2D eigenvalue weighted by Gasteiger charge is 2.33. The second kappa shape index (κ2) is 7.13. The van der Waals surface area contributed by atoms with Crippen LogP contribution in [0.25, 0.3) is 0 Å². The number of halogens is 7. The Bertz CT molecular complexity index is 485. The Balaban J connectivity index is 3.03. The van der Waals surface area contributed by atoms with Gasteiger partial charge in [-0.1, -0.05) is 34.8 Å². The van der Waals surface area contributed by atoms with Gasteiger partial charge in [0.1, 0.15) is 5.02 Å². The van der Waals surface area contributed by atoms with Crippen molar-refractivity contribution in [1.82, 2.24) is 0 Å². The third-order valence-electron chi connectivity index (χ3n) is 2.04. The van der Waals surface area contributed by atoms with Crippen molar-refractivity contribution in [1.29, 1.82) is 0 Å². The van der Waals surface area contributed by atoms with Gasteiger partial charge >= 0.3 is 6.36 Å². The maximum atomic E-state index is 12.2. The predicted octanol–water partition coefficient (Wildman–Crippen LogP) is 4.56. The minimum Gasteiger partial charge on any atom is -0.404 e. The minimum atomic E-state index is -4.92. The number of hydrogen-bond acceptors (Lipinski definition) is 3. The van der Waals surface area contributed by atoms with E-state index in [0.717, 1.165) is 6.07 Å². The Morgan fingerprint density at radius 1 is 1.25 bits per heavy atom. The summed E-state index contributed by atoms with van der Waals surface area (Å²) < 4.78 is 40.2. The van der Waals surface area contributed by atoms with Gasteiger partial charge in [0.05, 0.1) is 27.7 Å². The maximum Gasteiger partial charge on any atom is 0.573 e. The third-order valence-corrected chi connectivity index (χ3v) is 3.55. The fourth-order valence-electron chi connectivity index (χ4n) is 1.21. The lowest BCUT2D eigenvalue weighted by Gasteiger charge is -2.17. The van der Waals surface area contributed by atoms with Crippen molar-refractivity contribution in [2.24, 2.45) is 0 Å². The number of anilines is 1. The largest absolute Gasteiger partial charge is 0.573 e. The number of aliphatic hydroxyl groups is 1. The molecule has 0 amide bonds. The van der Waals surface area contributed by atoms with Crippen molar-refractivity contribution >= 4 is 52.1 Å². The Labute approximate surface area is 132 Å². The molecule has 1 atom stereocenters. The van der Waals surface area contributed by atoms with Crippen molar-refractivity contribution in [3.8, 4) is 5.75 Å². The van der Waals surface area contributed by atoms with Crippen LogP contribution >= 0.6 is 46.4 Å². The lowest BCUT2D eigenvalue weighted by molar-refractivity contribution is -0.274. The van der Waals surface area contributed by atoms with Crippen LogP contribution in [0.15, 0.2) is 6.07 Å². The molecule has 10 heteroatoms. The first-order chi connectivity index (χ1) is 9.15. The van der Waals surface area contributed by atoms with Gasteiger partial charge in [-0.05, 0) is 0 Å². The van der Waals surface area contributed by atoms with Gasteiger partial charge < -0.3 is 15.2 Å². The van der Waals surface area contributed by atoms with E-state index < -0.39 is 23.2 Å². The summed E-state index contributed by atoms with van der Waals surface area (Å²) in [6.07, 6.45) is -5.80. The van der Waals surface area contributed by atoms with E-state index in [9.17, 15) is 18.3 Å². The number of aliphatic hydroxyl groups excluding tert-OH is 1. The van der Waals surface area contributed by atoms with E-state index in [1.54, 1.807) is 0 Å². The molecule has 114 valence electrons. The first kappa shape index (κ1) is 17.8.